The van der Waals surface area contributed by atoms with Crippen molar-refractivity contribution in [3.8, 4) is 0 Å². The van der Waals surface area contributed by atoms with E-state index in [4.69, 9.17) is 10.5 Å². The Morgan fingerprint density at radius 3 is 2.23 bits per heavy atom. The van der Waals surface area contributed by atoms with Crippen molar-refractivity contribution in [3.05, 3.63) is 11.8 Å². The number of rotatable bonds is 7. The molecule has 1 aromatic rings. The van der Waals surface area contributed by atoms with E-state index >= 15 is 0 Å². The van der Waals surface area contributed by atoms with Crippen molar-refractivity contribution in [3.63, 3.8) is 0 Å². The standard InChI is InChI=1S/C19H27N5O2/c20-17(25)15-9-21-19(24-18(15)23-16-10-7-11(16)8-10)22-12-1-3-13(4-2-12)26-14-5-6-14/h9-14,16H,1-8H2,(H2,20,25)(H2,21,22,23,24)/t10?,11?,12-,13-,16?. The van der Waals surface area contributed by atoms with Crippen LogP contribution in [0, 0.1) is 11.8 Å². The van der Waals surface area contributed by atoms with Gasteiger partial charge in [0.05, 0.1) is 17.8 Å². The van der Waals surface area contributed by atoms with E-state index < -0.39 is 5.91 Å². The van der Waals surface area contributed by atoms with E-state index in [9.17, 15) is 4.79 Å². The number of nitrogens with one attached hydrogen (secondary N) is 2. The minimum Gasteiger partial charge on any atom is -0.375 e. The molecule has 140 valence electrons. The van der Waals surface area contributed by atoms with Gasteiger partial charge in [-0.15, -0.1) is 0 Å². The highest BCUT2D eigenvalue weighted by molar-refractivity contribution is 5.97. The van der Waals surface area contributed by atoms with Crippen LogP contribution >= 0.6 is 0 Å². The fraction of sp³-hybridized carbons (Fsp3) is 0.737. The number of hydrogen-bond donors (Lipinski definition) is 3. The van der Waals surface area contributed by atoms with Gasteiger partial charge < -0.3 is 21.1 Å². The largest absolute Gasteiger partial charge is 0.375 e. The van der Waals surface area contributed by atoms with Crippen molar-refractivity contribution >= 4 is 17.7 Å². The number of carbonyl (C=O) groups excluding carboxylic acids is 1. The lowest BCUT2D eigenvalue weighted by atomic mass is 9.52. The van der Waals surface area contributed by atoms with Gasteiger partial charge in [0.25, 0.3) is 5.91 Å². The van der Waals surface area contributed by atoms with Crippen LogP contribution < -0.4 is 16.4 Å². The van der Waals surface area contributed by atoms with Crippen LogP contribution in [-0.4, -0.2) is 40.2 Å². The maximum Gasteiger partial charge on any atom is 0.254 e. The van der Waals surface area contributed by atoms with Crippen molar-refractivity contribution in [2.24, 2.45) is 17.6 Å². The van der Waals surface area contributed by atoms with Crippen LogP contribution in [0.15, 0.2) is 6.20 Å². The molecule has 7 heteroatoms. The molecule has 26 heavy (non-hydrogen) atoms. The summed E-state index contributed by atoms with van der Waals surface area (Å²) in [5, 5.41) is 6.87. The molecule has 1 aromatic heterocycles. The SMILES string of the molecule is NC(=O)c1cnc(N[C@H]2CC[C@H](OC3CC3)CC2)nc1NC1C2CC1C2. The van der Waals surface area contributed by atoms with Crippen LogP contribution in [0.25, 0.3) is 0 Å². The molecule has 5 saturated carbocycles. The molecule has 0 aromatic carbocycles. The van der Waals surface area contributed by atoms with Gasteiger partial charge in [-0.25, -0.2) is 4.98 Å². The molecule has 2 bridgehead atoms. The van der Waals surface area contributed by atoms with Crippen LogP contribution in [0.3, 0.4) is 0 Å². The van der Waals surface area contributed by atoms with E-state index in [1.165, 1.54) is 25.7 Å². The highest BCUT2D eigenvalue weighted by Crippen LogP contribution is 2.54. The molecular formula is C19H27N5O2. The summed E-state index contributed by atoms with van der Waals surface area (Å²) in [6.45, 7) is 0. The quantitative estimate of drug-likeness (QED) is 0.692. The first-order valence-electron chi connectivity index (χ1n) is 10.0. The van der Waals surface area contributed by atoms with Crippen LogP contribution in [0.5, 0.6) is 0 Å². The van der Waals surface area contributed by atoms with Gasteiger partial charge in [-0.2, -0.15) is 4.98 Å². The summed E-state index contributed by atoms with van der Waals surface area (Å²) in [6, 6.07) is 0.810. The molecule has 0 saturated heterocycles. The Labute approximate surface area is 153 Å². The third-order valence-corrected chi connectivity index (χ3v) is 6.50. The van der Waals surface area contributed by atoms with Crippen LogP contribution in [0.2, 0.25) is 0 Å². The number of amides is 1. The average molecular weight is 357 g/mol. The first-order valence-corrected chi connectivity index (χ1v) is 10.0. The summed E-state index contributed by atoms with van der Waals surface area (Å²) in [4.78, 5) is 20.6. The Bertz CT molecular complexity index is 685. The van der Waals surface area contributed by atoms with Gasteiger partial charge in [-0.3, -0.25) is 4.79 Å². The summed E-state index contributed by atoms with van der Waals surface area (Å²) < 4.78 is 6.02. The Morgan fingerprint density at radius 1 is 1.04 bits per heavy atom. The molecule has 0 atom stereocenters. The molecule has 0 spiro atoms. The fourth-order valence-electron chi connectivity index (χ4n) is 4.43. The van der Waals surface area contributed by atoms with E-state index in [0.29, 0.717) is 41.6 Å². The highest BCUT2D eigenvalue weighted by atomic mass is 16.5. The summed E-state index contributed by atoms with van der Waals surface area (Å²) in [5.41, 5.74) is 5.87. The maximum atomic E-state index is 11.7. The lowest BCUT2D eigenvalue weighted by molar-refractivity contribution is -0.00415. The van der Waals surface area contributed by atoms with Crippen molar-refractivity contribution in [2.45, 2.75) is 75.7 Å². The van der Waals surface area contributed by atoms with Gasteiger partial charge in [-0.05, 0) is 63.2 Å². The molecular weight excluding hydrogens is 330 g/mol. The third-order valence-electron chi connectivity index (χ3n) is 6.50. The smallest absolute Gasteiger partial charge is 0.254 e. The molecule has 5 fully saturated rings. The number of primary amides is 1. The molecule has 7 nitrogen and oxygen atoms in total. The average Bonchev–Trinajstić information content (AvgIpc) is 3.36. The van der Waals surface area contributed by atoms with E-state index in [2.05, 4.69) is 20.6 Å². The third kappa shape index (κ3) is 3.13. The zero-order valence-electron chi connectivity index (χ0n) is 15.0. The van der Waals surface area contributed by atoms with Gasteiger partial charge in [0.1, 0.15) is 5.82 Å². The second-order valence-corrected chi connectivity index (χ2v) is 8.44. The molecule has 1 heterocycles. The van der Waals surface area contributed by atoms with Gasteiger partial charge in [0, 0.05) is 18.3 Å². The molecule has 0 unspecified atom stereocenters. The van der Waals surface area contributed by atoms with Crippen molar-refractivity contribution in [2.75, 3.05) is 10.6 Å². The number of carbonyl (C=O) groups is 1. The topological polar surface area (TPSA) is 102 Å². The maximum absolute atomic E-state index is 11.7. The second kappa shape index (κ2) is 6.37. The number of nitrogens with zero attached hydrogens (tertiary/aromatic N) is 2. The molecule has 5 aliphatic carbocycles. The zero-order valence-corrected chi connectivity index (χ0v) is 15.0. The Kier molecular flexibility index (Phi) is 3.99. The first-order chi connectivity index (χ1) is 12.7. The Hall–Kier alpha value is -1.89. The van der Waals surface area contributed by atoms with E-state index in [1.807, 2.05) is 0 Å². The summed E-state index contributed by atoms with van der Waals surface area (Å²) in [5.74, 6) is 2.14. The molecule has 6 rings (SSSR count). The van der Waals surface area contributed by atoms with Crippen molar-refractivity contribution in [1.29, 1.82) is 0 Å². The van der Waals surface area contributed by atoms with Crippen molar-refractivity contribution in [1.82, 2.24) is 9.97 Å². The number of aromatic nitrogens is 2. The van der Waals surface area contributed by atoms with Gasteiger partial charge >= 0.3 is 0 Å². The summed E-state index contributed by atoms with van der Waals surface area (Å²) in [6.07, 6.45) is 11.9. The molecule has 5 aliphatic rings. The number of nitrogens with two attached hydrogens (primary N) is 1. The zero-order chi connectivity index (χ0) is 17.7. The second-order valence-electron chi connectivity index (χ2n) is 8.44. The van der Waals surface area contributed by atoms with Gasteiger partial charge in [0.15, 0.2) is 0 Å². The normalized spacial score (nSPS) is 35.2. The highest BCUT2D eigenvalue weighted by Gasteiger charge is 2.52. The monoisotopic (exact) mass is 357 g/mol. The number of ether oxygens (including phenoxy) is 1. The lowest BCUT2D eigenvalue weighted by Crippen LogP contribution is -2.59. The summed E-state index contributed by atoms with van der Waals surface area (Å²) in [7, 11) is 0. The Morgan fingerprint density at radius 2 is 1.69 bits per heavy atom. The van der Waals surface area contributed by atoms with E-state index in [0.717, 1.165) is 37.5 Å². The van der Waals surface area contributed by atoms with E-state index in [-0.39, 0.29) is 0 Å². The lowest BCUT2D eigenvalue weighted by Gasteiger charge is -2.58. The fourth-order valence-corrected chi connectivity index (χ4v) is 4.43. The van der Waals surface area contributed by atoms with Crippen LogP contribution in [-0.2, 0) is 4.74 Å². The Balaban J connectivity index is 1.22. The predicted molar refractivity (Wildman–Crippen MR) is 97.9 cm³/mol. The molecule has 1 amide bonds. The minimum atomic E-state index is -0.482. The van der Waals surface area contributed by atoms with Gasteiger partial charge in [-0.1, -0.05) is 0 Å². The number of hydrogen-bond acceptors (Lipinski definition) is 6. The van der Waals surface area contributed by atoms with Crippen molar-refractivity contribution < 1.29 is 9.53 Å². The van der Waals surface area contributed by atoms with Crippen LogP contribution in [0.1, 0.15) is 61.7 Å². The predicted octanol–water partition coefficient (Wildman–Crippen LogP) is 2.30. The minimum absolute atomic E-state index is 0.360. The molecule has 0 aliphatic heterocycles. The summed E-state index contributed by atoms with van der Waals surface area (Å²) >= 11 is 0. The molecule has 4 N–H and O–H groups in total. The van der Waals surface area contributed by atoms with Crippen LogP contribution in [0.4, 0.5) is 11.8 Å². The first kappa shape index (κ1) is 16.3. The van der Waals surface area contributed by atoms with E-state index in [1.54, 1.807) is 6.20 Å². The number of anilines is 2. The van der Waals surface area contributed by atoms with Gasteiger partial charge in [0.2, 0.25) is 5.95 Å². The molecule has 0 radical (unpaired) electrons.